The van der Waals surface area contributed by atoms with E-state index < -0.39 is 11.9 Å². The summed E-state index contributed by atoms with van der Waals surface area (Å²) in [5.74, 6) is -0.806. The number of nitriles is 1. The fourth-order valence-corrected chi connectivity index (χ4v) is 3.44. The van der Waals surface area contributed by atoms with Crippen molar-refractivity contribution < 1.29 is 23.8 Å². The first-order valence-electron chi connectivity index (χ1n) is 10.5. The predicted molar refractivity (Wildman–Crippen MR) is 125 cm³/mol. The van der Waals surface area contributed by atoms with E-state index >= 15 is 0 Å². The van der Waals surface area contributed by atoms with Crippen LogP contribution in [0.5, 0.6) is 5.75 Å². The highest BCUT2D eigenvalue weighted by Crippen LogP contribution is 2.19. The van der Waals surface area contributed by atoms with Crippen molar-refractivity contribution in [2.45, 2.75) is 13.0 Å². The average molecular weight is 455 g/mol. The third kappa shape index (κ3) is 5.34. The van der Waals surface area contributed by atoms with E-state index in [1.165, 1.54) is 18.2 Å². The number of hydrogen-bond donors (Lipinski definition) is 3. The van der Waals surface area contributed by atoms with Crippen molar-refractivity contribution in [3.63, 3.8) is 0 Å². The number of ether oxygens (including phenoxy) is 1. The molecule has 2 aromatic carbocycles. The topological polar surface area (TPSA) is 128 Å². The van der Waals surface area contributed by atoms with E-state index in [-0.39, 0.29) is 17.9 Å². The quantitative estimate of drug-likeness (QED) is 0.255. The molecule has 0 radical (unpaired) electrons. The van der Waals surface area contributed by atoms with E-state index in [2.05, 4.69) is 10.3 Å². The number of carbonyl (C=O) groups excluding carboxylic acids is 1. The van der Waals surface area contributed by atoms with Gasteiger partial charge < -0.3 is 24.6 Å². The van der Waals surface area contributed by atoms with Gasteiger partial charge in [-0.15, -0.1) is 0 Å². The van der Waals surface area contributed by atoms with Crippen LogP contribution < -0.4 is 10.1 Å². The minimum atomic E-state index is -1.14. The van der Waals surface area contributed by atoms with Crippen molar-refractivity contribution >= 4 is 28.9 Å². The molecule has 2 aromatic heterocycles. The second kappa shape index (κ2) is 10.2. The minimum absolute atomic E-state index is 0.00406. The maximum absolute atomic E-state index is 12.5. The molecule has 8 nitrogen and oxygen atoms in total. The Hall–Kier alpha value is -4.77. The molecule has 0 bridgehead atoms. The van der Waals surface area contributed by atoms with Crippen LogP contribution >= 0.6 is 0 Å². The molecule has 0 unspecified atom stereocenters. The lowest BCUT2D eigenvalue weighted by molar-refractivity contribution is -0.117. The van der Waals surface area contributed by atoms with Crippen LogP contribution in [-0.4, -0.2) is 28.5 Å². The Balaban J connectivity index is 1.31. The first-order valence-corrected chi connectivity index (χ1v) is 10.5. The predicted octanol–water partition coefficient (Wildman–Crippen LogP) is 4.30. The molecule has 0 fully saturated rings. The first kappa shape index (κ1) is 22.4. The van der Waals surface area contributed by atoms with Gasteiger partial charge in [0.25, 0.3) is 5.91 Å². The number of hydrogen-bond acceptors (Lipinski definition) is 5. The van der Waals surface area contributed by atoms with E-state index in [9.17, 15) is 14.9 Å². The van der Waals surface area contributed by atoms with E-state index in [0.717, 1.165) is 16.5 Å². The molecule has 1 amide bonds. The summed E-state index contributed by atoms with van der Waals surface area (Å²) >= 11 is 0. The second-order valence-electron chi connectivity index (χ2n) is 7.46. The van der Waals surface area contributed by atoms with E-state index in [1.54, 1.807) is 24.3 Å². The molecule has 0 aliphatic carbocycles. The number of rotatable bonds is 9. The molecular weight excluding hydrogens is 434 g/mol. The Morgan fingerprint density at radius 1 is 1.12 bits per heavy atom. The summed E-state index contributed by atoms with van der Waals surface area (Å²) in [5, 5.41) is 22.2. The van der Waals surface area contributed by atoms with E-state index in [0.29, 0.717) is 30.0 Å². The monoisotopic (exact) mass is 455 g/mol. The summed E-state index contributed by atoms with van der Waals surface area (Å²) < 4.78 is 10.7. The molecule has 8 heteroatoms. The maximum atomic E-state index is 12.5. The number of benzene rings is 2. The SMILES string of the molecule is N#C/C(=C/c1ccc(OCc2ccc(C(=O)O)o2)cc1)C(=O)NCCc1c[nH]c2ccccc12. The van der Waals surface area contributed by atoms with Crippen LogP contribution in [-0.2, 0) is 17.8 Å². The van der Waals surface area contributed by atoms with Crippen LogP contribution in [0.3, 0.4) is 0 Å². The third-order valence-corrected chi connectivity index (χ3v) is 5.16. The van der Waals surface area contributed by atoms with Crippen LogP contribution in [0.4, 0.5) is 0 Å². The van der Waals surface area contributed by atoms with Crippen molar-refractivity contribution in [3.8, 4) is 11.8 Å². The number of nitrogens with zero attached hydrogens (tertiary/aromatic N) is 1. The number of aromatic carboxylic acids is 1. The molecule has 4 aromatic rings. The zero-order valence-electron chi connectivity index (χ0n) is 18.1. The van der Waals surface area contributed by atoms with Crippen LogP contribution in [0, 0.1) is 11.3 Å². The number of aromatic nitrogens is 1. The van der Waals surface area contributed by atoms with Crippen molar-refractivity contribution in [3.05, 3.63) is 95.1 Å². The smallest absolute Gasteiger partial charge is 0.371 e. The normalized spacial score (nSPS) is 11.2. The highest BCUT2D eigenvalue weighted by molar-refractivity contribution is 6.01. The van der Waals surface area contributed by atoms with Crippen LogP contribution in [0.1, 0.15) is 27.4 Å². The number of H-pyrrole nitrogens is 1. The van der Waals surface area contributed by atoms with Crippen molar-refractivity contribution in [2.24, 2.45) is 0 Å². The molecule has 0 saturated heterocycles. The second-order valence-corrected chi connectivity index (χ2v) is 7.46. The number of carbonyl (C=O) groups is 2. The van der Waals surface area contributed by atoms with Gasteiger partial charge in [0.15, 0.2) is 0 Å². The minimum Gasteiger partial charge on any atom is -0.486 e. The summed E-state index contributed by atoms with van der Waals surface area (Å²) in [6, 6.07) is 19.6. The summed E-state index contributed by atoms with van der Waals surface area (Å²) in [7, 11) is 0. The van der Waals surface area contributed by atoms with Gasteiger partial charge in [0.05, 0.1) is 0 Å². The number of amides is 1. The van der Waals surface area contributed by atoms with Gasteiger partial charge in [-0.25, -0.2) is 4.79 Å². The maximum Gasteiger partial charge on any atom is 0.371 e. The zero-order valence-corrected chi connectivity index (χ0v) is 18.1. The Kier molecular flexibility index (Phi) is 6.75. The molecule has 34 heavy (non-hydrogen) atoms. The average Bonchev–Trinajstić information content (AvgIpc) is 3.49. The molecule has 2 heterocycles. The van der Waals surface area contributed by atoms with Gasteiger partial charge in [0, 0.05) is 23.6 Å². The molecule has 170 valence electrons. The van der Waals surface area contributed by atoms with Crippen molar-refractivity contribution in [2.75, 3.05) is 6.54 Å². The zero-order chi connectivity index (χ0) is 23.9. The van der Waals surface area contributed by atoms with Gasteiger partial charge in [0.2, 0.25) is 5.76 Å². The molecule has 0 aliphatic rings. The van der Waals surface area contributed by atoms with Gasteiger partial charge in [-0.2, -0.15) is 5.26 Å². The Morgan fingerprint density at radius 2 is 1.91 bits per heavy atom. The van der Waals surface area contributed by atoms with Crippen LogP contribution in [0.15, 0.2) is 76.9 Å². The highest BCUT2D eigenvalue weighted by Gasteiger charge is 2.11. The number of furan rings is 1. The Labute approximate surface area is 195 Å². The van der Waals surface area contributed by atoms with Gasteiger partial charge in [-0.05, 0) is 54.0 Å². The van der Waals surface area contributed by atoms with E-state index in [4.69, 9.17) is 14.3 Å². The van der Waals surface area contributed by atoms with Gasteiger partial charge in [0.1, 0.15) is 29.8 Å². The lowest BCUT2D eigenvalue weighted by Crippen LogP contribution is -2.26. The molecule has 0 aliphatic heterocycles. The lowest BCUT2D eigenvalue weighted by Gasteiger charge is -2.06. The number of aromatic amines is 1. The van der Waals surface area contributed by atoms with Gasteiger partial charge >= 0.3 is 5.97 Å². The molecule has 0 spiro atoms. The van der Waals surface area contributed by atoms with Gasteiger partial charge in [-0.3, -0.25) is 4.79 Å². The number of para-hydroxylation sites is 1. The highest BCUT2D eigenvalue weighted by atomic mass is 16.5. The molecular formula is C26H21N3O5. The fraction of sp³-hybridized carbons (Fsp3) is 0.115. The number of fused-ring (bicyclic) bond motifs is 1. The number of carboxylic acids is 1. The van der Waals surface area contributed by atoms with E-state index in [1.807, 2.05) is 36.5 Å². The fourth-order valence-electron chi connectivity index (χ4n) is 3.44. The Morgan fingerprint density at radius 3 is 2.65 bits per heavy atom. The standard InChI is InChI=1S/C26H21N3O5/c27-14-19(25(30)28-12-11-18-15-29-23-4-2-1-3-22(18)23)13-17-5-7-20(8-6-17)33-16-21-9-10-24(34-21)26(31)32/h1-10,13,15,29H,11-12,16H2,(H,28,30)(H,31,32)/b19-13-. The third-order valence-electron chi connectivity index (χ3n) is 5.16. The summed E-state index contributed by atoms with van der Waals surface area (Å²) in [5.41, 5.74) is 2.82. The summed E-state index contributed by atoms with van der Waals surface area (Å²) in [6.45, 7) is 0.480. The van der Waals surface area contributed by atoms with Crippen LogP contribution in [0.2, 0.25) is 0 Å². The van der Waals surface area contributed by atoms with Crippen LogP contribution in [0.25, 0.3) is 17.0 Å². The largest absolute Gasteiger partial charge is 0.486 e. The van der Waals surface area contributed by atoms with Crippen molar-refractivity contribution in [1.82, 2.24) is 10.3 Å². The number of carboxylic acid groups (broad SMARTS) is 1. The Bertz CT molecular complexity index is 1390. The molecule has 0 atom stereocenters. The summed E-state index contributed by atoms with van der Waals surface area (Å²) in [4.78, 5) is 26.5. The molecule has 0 saturated carbocycles. The lowest BCUT2D eigenvalue weighted by atomic mass is 10.1. The van der Waals surface area contributed by atoms with Gasteiger partial charge in [-0.1, -0.05) is 30.3 Å². The number of nitrogens with one attached hydrogen (secondary N) is 2. The first-order chi connectivity index (χ1) is 16.5. The summed E-state index contributed by atoms with van der Waals surface area (Å²) in [6.07, 6.45) is 4.08. The molecule has 3 N–H and O–H groups in total. The molecule has 4 rings (SSSR count). The van der Waals surface area contributed by atoms with Crippen molar-refractivity contribution in [1.29, 1.82) is 5.26 Å².